The maximum atomic E-state index is 12.2. The van der Waals surface area contributed by atoms with Crippen LogP contribution in [0.1, 0.15) is 10.4 Å². The highest BCUT2D eigenvalue weighted by Crippen LogP contribution is 2.30. The number of methoxy groups -OCH3 is 2. The van der Waals surface area contributed by atoms with Gasteiger partial charge in [0.25, 0.3) is 0 Å². The number of benzene rings is 2. The summed E-state index contributed by atoms with van der Waals surface area (Å²) in [4.78, 5) is 13.1. The number of Topliss-reactive ketones (excluding diaryl/α,β-unsaturated/α-hetero) is 1. The Labute approximate surface area is 133 Å². The minimum atomic E-state index is 0.0147. The molecule has 2 rings (SSSR count). The third-order valence-electron chi connectivity index (χ3n) is 2.90. The SMILES string of the molecule is COc1ccc(C(=O)CSc2ccccc2Cl)cc1OC. The van der Waals surface area contributed by atoms with Gasteiger partial charge >= 0.3 is 0 Å². The first-order valence-electron chi connectivity index (χ1n) is 6.28. The fourth-order valence-corrected chi connectivity index (χ4v) is 2.93. The fourth-order valence-electron chi connectivity index (χ4n) is 1.80. The third-order valence-corrected chi connectivity index (χ3v) is 4.42. The van der Waals surface area contributed by atoms with Crippen molar-refractivity contribution in [3.8, 4) is 11.5 Å². The molecule has 0 fully saturated rings. The van der Waals surface area contributed by atoms with Gasteiger partial charge in [0.2, 0.25) is 0 Å². The van der Waals surface area contributed by atoms with Gasteiger partial charge in [-0.1, -0.05) is 23.7 Å². The molecular formula is C16H15ClO3S. The molecule has 5 heteroatoms. The number of hydrogen-bond donors (Lipinski definition) is 0. The highest BCUT2D eigenvalue weighted by Gasteiger charge is 2.12. The lowest BCUT2D eigenvalue weighted by molar-refractivity contribution is 0.102. The summed E-state index contributed by atoms with van der Waals surface area (Å²) in [5.41, 5.74) is 0.590. The van der Waals surface area contributed by atoms with E-state index in [1.807, 2.05) is 24.3 Å². The molecule has 110 valence electrons. The standard InChI is InChI=1S/C16H15ClO3S/c1-19-14-8-7-11(9-15(14)20-2)13(18)10-21-16-6-4-3-5-12(16)17/h3-9H,10H2,1-2H3. The number of carbonyl (C=O) groups is 1. The first kappa shape index (κ1) is 15.7. The van der Waals surface area contributed by atoms with Gasteiger partial charge in [-0.05, 0) is 30.3 Å². The Balaban J connectivity index is 2.09. The largest absolute Gasteiger partial charge is 0.493 e. The molecule has 0 radical (unpaired) electrons. The monoisotopic (exact) mass is 322 g/mol. The minimum Gasteiger partial charge on any atom is -0.493 e. The van der Waals surface area contributed by atoms with Crippen LogP contribution in [0.4, 0.5) is 0 Å². The zero-order valence-electron chi connectivity index (χ0n) is 11.8. The smallest absolute Gasteiger partial charge is 0.173 e. The summed E-state index contributed by atoms with van der Waals surface area (Å²) < 4.78 is 10.4. The molecule has 0 heterocycles. The van der Waals surface area contributed by atoms with E-state index in [4.69, 9.17) is 21.1 Å². The molecule has 0 unspecified atom stereocenters. The topological polar surface area (TPSA) is 35.5 Å². The summed E-state index contributed by atoms with van der Waals surface area (Å²) in [6, 6.07) is 12.6. The van der Waals surface area contributed by atoms with E-state index in [9.17, 15) is 4.79 Å². The highest BCUT2D eigenvalue weighted by atomic mass is 35.5. The van der Waals surface area contributed by atoms with Crippen LogP contribution >= 0.6 is 23.4 Å². The average Bonchev–Trinajstić information content (AvgIpc) is 2.53. The van der Waals surface area contributed by atoms with Gasteiger partial charge < -0.3 is 9.47 Å². The van der Waals surface area contributed by atoms with E-state index in [0.29, 0.717) is 27.8 Å². The van der Waals surface area contributed by atoms with Crippen molar-refractivity contribution in [1.29, 1.82) is 0 Å². The van der Waals surface area contributed by atoms with Crippen molar-refractivity contribution in [3.63, 3.8) is 0 Å². The molecule has 0 bridgehead atoms. The molecule has 0 aliphatic heterocycles. The molecule has 0 amide bonds. The number of rotatable bonds is 6. The van der Waals surface area contributed by atoms with E-state index in [-0.39, 0.29) is 5.78 Å². The van der Waals surface area contributed by atoms with E-state index in [2.05, 4.69) is 0 Å². The van der Waals surface area contributed by atoms with Crippen molar-refractivity contribution in [3.05, 3.63) is 53.1 Å². The Hall–Kier alpha value is -1.65. The van der Waals surface area contributed by atoms with E-state index < -0.39 is 0 Å². The first-order valence-corrected chi connectivity index (χ1v) is 7.64. The van der Waals surface area contributed by atoms with Gasteiger partial charge in [0, 0.05) is 10.5 Å². The Morgan fingerprint density at radius 2 is 1.81 bits per heavy atom. The van der Waals surface area contributed by atoms with Crippen molar-refractivity contribution >= 4 is 29.1 Å². The molecule has 0 aliphatic carbocycles. The Bertz CT molecular complexity index is 643. The Morgan fingerprint density at radius 1 is 1.10 bits per heavy atom. The number of thioether (sulfide) groups is 1. The number of hydrogen-bond acceptors (Lipinski definition) is 4. The molecule has 3 nitrogen and oxygen atoms in total. The van der Waals surface area contributed by atoms with Gasteiger partial charge in [0.15, 0.2) is 17.3 Å². The van der Waals surface area contributed by atoms with Crippen LogP contribution in [0.5, 0.6) is 11.5 Å². The normalized spacial score (nSPS) is 10.2. The van der Waals surface area contributed by atoms with Crippen LogP contribution in [0.2, 0.25) is 5.02 Å². The molecule has 0 N–H and O–H groups in total. The molecule has 2 aromatic rings. The van der Waals surface area contributed by atoms with Gasteiger partial charge in [-0.3, -0.25) is 4.79 Å². The molecule has 0 saturated carbocycles. The van der Waals surface area contributed by atoms with E-state index in [0.717, 1.165) is 4.90 Å². The minimum absolute atomic E-state index is 0.0147. The van der Waals surface area contributed by atoms with Gasteiger partial charge in [-0.25, -0.2) is 0 Å². The summed E-state index contributed by atoms with van der Waals surface area (Å²) >= 11 is 7.49. The zero-order valence-corrected chi connectivity index (χ0v) is 13.3. The van der Waals surface area contributed by atoms with Gasteiger partial charge in [0.05, 0.1) is 25.0 Å². The molecular weight excluding hydrogens is 308 g/mol. The second kappa shape index (κ2) is 7.38. The van der Waals surface area contributed by atoms with Crippen LogP contribution in [-0.2, 0) is 0 Å². The average molecular weight is 323 g/mol. The molecule has 2 aromatic carbocycles. The van der Waals surface area contributed by atoms with E-state index in [1.165, 1.54) is 11.8 Å². The van der Waals surface area contributed by atoms with Crippen molar-refractivity contribution in [1.82, 2.24) is 0 Å². The number of ether oxygens (including phenoxy) is 2. The maximum Gasteiger partial charge on any atom is 0.173 e. The summed E-state index contributed by atoms with van der Waals surface area (Å²) in [5.74, 6) is 1.49. The zero-order chi connectivity index (χ0) is 15.2. The number of carbonyl (C=O) groups excluding carboxylic acids is 1. The quantitative estimate of drug-likeness (QED) is 0.585. The lowest BCUT2D eigenvalue weighted by Crippen LogP contribution is -2.03. The van der Waals surface area contributed by atoms with Gasteiger partial charge in [-0.2, -0.15) is 0 Å². The summed E-state index contributed by atoms with van der Waals surface area (Å²) in [5, 5.41) is 0.655. The number of halogens is 1. The second-order valence-corrected chi connectivity index (χ2v) is 5.64. The molecule has 0 spiro atoms. The second-order valence-electron chi connectivity index (χ2n) is 4.21. The molecule has 0 aromatic heterocycles. The van der Waals surface area contributed by atoms with Crippen LogP contribution in [0, 0.1) is 0 Å². The third kappa shape index (κ3) is 3.93. The lowest BCUT2D eigenvalue weighted by atomic mass is 10.1. The summed E-state index contributed by atoms with van der Waals surface area (Å²) in [6.07, 6.45) is 0. The van der Waals surface area contributed by atoms with Crippen molar-refractivity contribution in [2.24, 2.45) is 0 Å². The first-order chi connectivity index (χ1) is 10.2. The predicted octanol–water partition coefficient (Wildman–Crippen LogP) is 4.33. The summed E-state index contributed by atoms with van der Waals surface area (Å²) in [7, 11) is 3.11. The van der Waals surface area contributed by atoms with Crippen LogP contribution in [0.25, 0.3) is 0 Å². The predicted molar refractivity (Wildman–Crippen MR) is 86.1 cm³/mol. The Morgan fingerprint density at radius 3 is 2.48 bits per heavy atom. The maximum absolute atomic E-state index is 12.2. The van der Waals surface area contributed by atoms with Crippen LogP contribution < -0.4 is 9.47 Å². The van der Waals surface area contributed by atoms with Crippen LogP contribution in [-0.4, -0.2) is 25.8 Å². The van der Waals surface area contributed by atoms with E-state index in [1.54, 1.807) is 32.4 Å². The van der Waals surface area contributed by atoms with Crippen LogP contribution in [0.3, 0.4) is 0 Å². The molecule has 0 aliphatic rings. The molecule has 0 saturated heterocycles. The van der Waals surface area contributed by atoms with Crippen LogP contribution in [0.15, 0.2) is 47.4 Å². The van der Waals surface area contributed by atoms with Gasteiger partial charge in [-0.15, -0.1) is 11.8 Å². The Kier molecular flexibility index (Phi) is 5.53. The number of ketones is 1. The fraction of sp³-hybridized carbons (Fsp3) is 0.188. The highest BCUT2D eigenvalue weighted by molar-refractivity contribution is 8.00. The van der Waals surface area contributed by atoms with Crippen molar-refractivity contribution in [2.75, 3.05) is 20.0 Å². The lowest BCUT2D eigenvalue weighted by Gasteiger charge is -2.09. The van der Waals surface area contributed by atoms with Gasteiger partial charge in [0.1, 0.15) is 0 Å². The van der Waals surface area contributed by atoms with Crippen molar-refractivity contribution in [2.45, 2.75) is 4.90 Å². The summed E-state index contributed by atoms with van der Waals surface area (Å²) in [6.45, 7) is 0. The molecule has 21 heavy (non-hydrogen) atoms. The molecule has 0 atom stereocenters. The van der Waals surface area contributed by atoms with Crippen molar-refractivity contribution < 1.29 is 14.3 Å². The van der Waals surface area contributed by atoms with E-state index >= 15 is 0 Å².